The Kier molecular flexibility index (Phi) is 9.86. The van der Waals surface area contributed by atoms with E-state index in [0.29, 0.717) is 23.6 Å². The van der Waals surface area contributed by atoms with Crippen LogP contribution in [0.1, 0.15) is 28.8 Å². The first-order valence-corrected chi connectivity index (χ1v) is 17.3. The largest absolute Gasteiger partial charge is 0.487 e. The molecule has 4 unspecified atom stereocenters. The van der Waals surface area contributed by atoms with Gasteiger partial charge in [-0.15, -0.1) is 0 Å². The maximum absolute atomic E-state index is 13.7. The number of rotatable bonds is 9. The van der Waals surface area contributed by atoms with Crippen LogP contribution in [0.3, 0.4) is 0 Å². The first-order chi connectivity index (χ1) is 24.3. The lowest BCUT2D eigenvalue weighted by Crippen LogP contribution is -2.53. The van der Waals surface area contributed by atoms with Crippen LogP contribution in [0.5, 0.6) is 5.75 Å². The average Bonchev–Trinajstić information content (AvgIpc) is 3.11. The Hall–Kier alpha value is -5.13. The molecule has 7 rings (SSSR count). The van der Waals surface area contributed by atoms with Crippen molar-refractivity contribution in [3.8, 4) is 5.75 Å². The summed E-state index contributed by atoms with van der Waals surface area (Å²) >= 11 is 0. The number of hydrogen-bond acceptors (Lipinski definition) is 9. The summed E-state index contributed by atoms with van der Waals surface area (Å²) in [5.41, 5.74) is 31.6. The summed E-state index contributed by atoms with van der Waals surface area (Å²) in [5, 5.41) is 8.53. The van der Waals surface area contributed by atoms with Crippen LogP contribution in [0, 0.1) is 0 Å². The molecule has 1 amide bonds. The van der Waals surface area contributed by atoms with Crippen LogP contribution in [0.4, 0.5) is 28.4 Å². The molecule has 2 aliphatic rings. The number of fused-ring (bicyclic) bond motifs is 1. The van der Waals surface area contributed by atoms with E-state index < -0.39 is 0 Å². The molecule has 0 aromatic heterocycles. The van der Waals surface area contributed by atoms with Gasteiger partial charge in [0.15, 0.2) is 0 Å². The van der Waals surface area contributed by atoms with E-state index in [1.54, 1.807) is 0 Å². The van der Waals surface area contributed by atoms with Crippen molar-refractivity contribution in [2.24, 2.45) is 22.9 Å². The number of nitrogens with one attached hydrogen (secondary N) is 2. The lowest BCUT2D eigenvalue weighted by molar-refractivity contribution is 0.102. The fraction of sp³-hybridized carbons (Fsp3) is 0.275. The third-order valence-corrected chi connectivity index (χ3v) is 9.45. The fourth-order valence-electron chi connectivity index (χ4n) is 7.12. The van der Waals surface area contributed by atoms with Gasteiger partial charge in [0.05, 0.1) is 5.56 Å². The standard InChI is InChI=1S/C40H46N8O2/c41-28-16-29(42)22-47(21-28)35-18-34(19-36(20-35)48-23-30(43)17-31(44)24-48)45-32-11-13-33(14-12-32)46-40(49)38-15-10-27-8-4-5-9-37(27)39(38)50-25-26-6-2-1-3-7-26/h1-15,18-20,28-31,45H,16-17,21-25,41-44H2,(H,46,49). The van der Waals surface area contributed by atoms with Crippen molar-refractivity contribution in [1.29, 1.82) is 0 Å². The molecule has 2 fully saturated rings. The second kappa shape index (κ2) is 14.8. The predicted octanol–water partition coefficient (Wildman–Crippen LogP) is 5.14. The molecule has 10 heteroatoms. The van der Waals surface area contributed by atoms with Crippen LogP contribution in [0.15, 0.2) is 109 Å². The number of nitrogens with two attached hydrogens (primary N) is 4. The fourth-order valence-corrected chi connectivity index (χ4v) is 7.12. The van der Waals surface area contributed by atoms with E-state index in [1.165, 1.54) is 0 Å². The van der Waals surface area contributed by atoms with Gasteiger partial charge in [-0.3, -0.25) is 4.79 Å². The Labute approximate surface area is 293 Å². The maximum Gasteiger partial charge on any atom is 0.259 e. The summed E-state index contributed by atoms with van der Waals surface area (Å²) < 4.78 is 6.31. The van der Waals surface area contributed by atoms with Crippen molar-refractivity contribution in [1.82, 2.24) is 0 Å². The van der Waals surface area contributed by atoms with E-state index in [2.05, 4.69) is 38.6 Å². The second-order valence-electron chi connectivity index (χ2n) is 13.7. The highest BCUT2D eigenvalue weighted by Gasteiger charge is 2.26. The van der Waals surface area contributed by atoms with E-state index in [-0.39, 0.29) is 30.1 Å². The number of piperidine rings is 2. The minimum absolute atomic E-state index is 0.0134. The molecule has 0 aliphatic carbocycles. The molecular weight excluding hydrogens is 624 g/mol. The third kappa shape index (κ3) is 7.85. The van der Waals surface area contributed by atoms with Crippen molar-refractivity contribution in [2.75, 3.05) is 46.6 Å². The molecule has 50 heavy (non-hydrogen) atoms. The Morgan fingerprint density at radius 2 is 1.20 bits per heavy atom. The Morgan fingerprint density at radius 3 is 1.82 bits per heavy atom. The van der Waals surface area contributed by atoms with Gasteiger partial charge in [-0.25, -0.2) is 0 Å². The van der Waals surface area contributed by atoms with Gasteiger partial charge >= 0.3 is 0 Å². The van der Waals surface area contributed by atoms with Crippen LogP contribution in [0.2, 0.25) is 0 Å². The van der Waals surface area contributed by atoms with Crippen molar-refractivity contribution in [2.45, 2.75) is 43.6 Å². The maximum atomic E-state index is 13.7. The van der Waals surface area contributed by atoms with Crippen molar-refractivity contribution < 1.29 is 9.53 Å². The summed E-state index contributed by atoms with van der Waals surface area (Å²) in [4.78, 5) is 18.2. The summed E-state index contributed by atoms with van der Waals surface area (Å²) in [6.45, 7) is 3.30. The molecular formula is C40H46N8O2. The van der Waals surface area contributed by atoms with Crippen molar-refractivity contribution in [3.63, 3.8) is 0 Å². The topological polar surface area (TPSA) is 161 Å². The second-order valence-corrected chi connectivity index (χ2v) is 13.7. The minimum atomic E-state index is -0.243. The number of hydrogen-bond donors (Lipinski definition) is 6. The van der Waals surface area contributed by atoms with E-state index in [1.807, 2.05) is 91.0 Å². The van der Waals surface area contributed by atoms with Gasteiger partial charge in [0, 0.05) is 84.2 Å². The van der Waals surface area contributed by atoms with Crippen LogP contribution in [-0.4, -0.2) is 56.3 Å². The number of amides is 1. The zero-order chi connectivity index (χ0) is 34.6. The number of anilines is 5. The van der Waals surface area contributed by atoms with E-state index in [4.69, 9.17) is 27.7 Å². The number of nitrogens with zero attached hydrogens (tertiary/aromatic N) is 2. The summed E-state index contributed by atoms with van der Waals surface area (Å²) in [6, 6.07) is 35.8. The molecule has 0 saturated carbocycles. The number of carbonyl (C=O) groups excluding carboxylic acids is 1. The van der Waals surface area contributed by atoms with Gasteiger partial charge in [0.2, 0.25) is 0 Å². The van der Waals surface area contributed by atoms with Crippen LogP contribution >= 0.6 is 0 Å². The molecule has 0 spiro atoms. The Morgan fingerprint density at radius 1 is 0.640 bits per heavy atom. The smallest absolute Gasteiger partial charge is 0.259 e. The van der Waals surface area contributed by atoms with E-state index in [9.17, 15) is 4.79 Å². The van der Waals surface area contributed by atoms with Gasteiger partial charge in [0.1, 0.15) is 12.4 Å². The Balaban J connectivity index is 1.10. The third-order valence-electron chi connectivity index (χ3n) is 9.45. The summed E-state index contributed by atoms with van der Waals surface area (Å²) in [5.74, 6) is 0.317. The number of benzene rings is 5. The molecule has 2 heterocycles. The van der Waals surface area contributed by atoms with E-state index >= 15 is 0 Å². The molecule has 10 N–H and O–H groups in total. The molecule has 0 radical (unpaired) electrons. The number of carbonyl (C=O) groups is 1. The van der Waals surface area contributed by atoms with Gasteiger partial charge in [0.25, 0.3) is 5.91 Å². The predicted molar refractivity (Wildman–Crippen MR) is 204 cm³/mol. The molecule has 2 saturated heterocycles. The average molecular weight is 671 g/mol. The van der Waals surface area contributed by atoms with Crippen LogP contribution in [0.25, 0.3) is 10.8 Å². The monoisotopic (exact) mass is 670 g/mol. The highest BCUT2D eigenvalue weighted by atomic mass is 16.5. The first-order valence-electron chi connectivity index (χ1n) is 17.3. The molecule has 4 atom stereocenters. The quantitative estimate of drug-likeness (QED) is 0.125. The van der Waals surface area contributed by atoms with E-state index in [0.717, 1.165) is 78.1 Å². The lowest BCUT2D eigenvalue weighted by atomic mass is 10.00. The van der Waals surface area contributed by atoms with Crippen molar-refractivity contribution in [3.05, 3.63) is 120 Å². The molecule has 10 nitrogen and oxygen atoms in total. The van der Waals surface area contributed by atoms with Crippen molar-refractivity contribution >= 4 is 45.1 Å². The first kappa shape index (κ1) is 33.4. The van der Waals surface area contributed by atoms with Gasteiger partial charge in [-0.05, 0) is 72.3 Å². The minimum Gasteiger partial charge on any atom is -0.487 e. The molecule has 0 bridgehead atoms. The zero-order valence-electron chi connectivity index (χ0n) is 28.2. The SMILES string of the molecule is NC1CC(N)CN(c2cc(Nc3ccc(NC(=O)c4ccc5ccccc5c4OCc4ccccc4)cc3)cc(N3CC(N)CC(N)C3)c2)C1. The number of ether oxygens (including phenoxy) is 1. The summed E-state index contributed by atoms with van der Waals surface area (Å²) in [6.07, 6.45) is 1.62. The van der Waals surface area contributed by atoms with Gasteiger partial charge < -0.3 is 48.1 Å². The Bertz CT molecular complexity index is 1870. The lowest BCUT2D eigenvalue weighted by Gasteiger charge is -2.39. The normalized spacial score (nSPS) is 20.8. The summed E-state index contributed by atoms with van der Waals surface area (Å²) in [7, 11) is 0. The van der Waals surface area contributed by atoms with Crippen LogP contribution < -0.4 is 48.1 Å². The molecule has 2 aliphatic heterocycles. The van der Waals surface area contributed by atoms with Gasteiger partial charge in [-0.2, -0.15) is 0 Å². The zero-order valence-corrected chi connectivity index (χ0v) is 28.2. The molecule has 258 valence electrons. The van der Waals surface area contributed by atoms with Crippen LogP contribution in [-0.2, 0) is 6.61 Å². The highest BCUT2D eigenvalue weighted by Crippen LogP contribution is 2.34. The highest BCUT2D eigenvalue weighted by molar-refractivity contribution is 6.10. The van der Waals surface area contributed by atoms with Gasteiger partial charge in [-0.1, -0.05) is 60.7 Å². The molecule has 5 aromatic carbocycles. The molecule has 5 aromatic rings.